The summed E-state index contributed by atoms with van der Waals surface area (Å²) in [5.41, 5.74) is -0.282. The van der Waals surface area contributed by atoms with Crippen molar-refractivity contribution in [3.63, 3.8) is 0 Å². The third-order valence-electron chi connectivity index (χ3n) is 9.91. The van der Waals surface area contributed by atoms with Crippen molar-refractivity contribution in [2.24, 2.45) is 0 Å². The van der Waals surface area contributed by atoms with Gasteiger partial charge in [-0.05, 0) is 30.5 Å². The molecule has 2 aromatic rings. The van der Waals surface area contributed by atoms with Gasteiger partial charge in [-0.3, -0.25) is 38.4 Å². The molecule has 2 aromatic carbocycles. The molecule has 3 heterocycles. The van der Waals surface area contributed by atoms with Crippen molar-refractivity contribution in [3.05, 3.63) is 46.5 Å². The lowest BCUT2D eigenvalue weighted by Crippen LogP contribution is -2.59. The van der Waals surface area contributed by atoms with Gasteiger partial charge in [0.05, 0.1) is 17.7 Å². The van der Waals surface area contributed by atoms with Crippen molar-refractivity contribution in [1.82, 2.24) is 0 Å². The number of aromatic hydroxyl groups is 2. The summed E-state index contributed by atoms with van der Waals surface area (Å²) >= 11 is 0. The Kier molecular flexibility index (Phi) is 15.2. The van der Waals surface area contributed by atoms with Crippen molar-refractivity contribution in [1.29, 1.82) is 0 Å². The molecule has 0 bridgehead atoms. The number of phenolic OH excluding ortho intramolecular Hbond substituents is 2. The van der Waals surface area contributed by atoms with Crippen LogP contribution in [0.15, 0.2) is 24.3 Å². The maximum atomic E-state index is 12.8. The average Bonchev–Trinajstić information content (AvgIpc) is 3.17. The van der Waals surface area contributed by atoms with E-state index in [4.69, 9.17) is 52.1 Å². The quantitative estimate of drug-likeness (QED) is 0.176. The maximum Gasteiger partial charge on any atom is 0.308 e. The first kappa shape index (κ1) is 47.6. The zero-order valence-corrected chi connectivity index (χ0v) is 35.6. The Morgan fingerprint density at radius 2 is 1.11 bits per heavy atom. The molecule has 0 aliphatic carbocycles. The Hall–Kier alpha value is -6.48. The number of fused-ring (bicyclic) bond motifs is 1. The Labute approximate surface area is 360 Å². The number of phenols is 2. The normalized spacial score (nSPS) is 26.3. The first-order valence-electron chi connectivity index (χ1n) is 19.7. The van der Waals surface area contributed by atoms with Crippen molar-refractivity contribution in [2.75, 3.05) is 13.2 Å². The molecule has 5 rings (SSSR count). The van der Waals surface area contributed by atoms with E-state index in [0.29, 0.717) is 5.56 Å². The Morgan fingerprint density at radius 3 is 1.65 bits per heavy atom. The second-order valence-corrected chi connectivity index (χ2v) is 14.8. The van der Waals surface area contributed by atoms with Gasteiger partial charge in [0, 0.05) is 61.0 Å². The predicted molar refractivity (Wildman–Crippen MR) is 205 cm³/mol. The second kappa shape index (κ2) is 20.1. The third-order valence-corrected chi connectivity index (χ3v) is 9.91. The van der Waals surface area contributed by atoms with E-state index in [1.807, 2.05) is 0 Å². The summed E-state index contributed by atoms with van der Waals surface area (Å²) in [5, 5.41) is 25.0. The van der Waals surface area contributed by atoms with Crippen LogP contribution < -0.4 is 9.47 Å². The molecule has 0 amide bonds. The van der Waals surface area contributed by atoms with Gasteiger partial charge in [-0.2, -0.15) is 0 Å². The van der Waals surface area contributed by atoms with Gasteiger partial charge < -0.3 is 62.3 Å². The van der Waals surface area contributed by atoms with E-state index < -0.39 is 139 Å². The molecule has 2 N–H and O–H groups in total. The minimum absolute atomic E-state index is 0.00904. The molecule has 0 aromatic heterocycles. The van der Waals surface area contributed by atoms with Crippen LogP contribution in [0.3, 0.4) is 0 Å². The molecule has 3 aliphatic rings. The molecule has 21 nitrogen and oxygen atoms in total. The van der Waals surface area contributed by atoms with Crippen LogP contribution in [-0.2, 0) is 87.4 Å². The predicted octanol–water partition coefficient (Wildman–Crippen LogP) is 2.75. The Bertz CT molecular complexity index is 2110. The molecular formula is C42H48O21. The topological polar surface area (TPSA) is 279 Å². The van der Waals surface area contributed by atoms with E-state index in [-0.39, 0.29) is 35.5 Å². The molecule has 63 heavy (non-hydrogen) atoms. The standard InChI is InChI=1S/C42H48O21/c1-17(43)53-15-30-37(58-21(5)47)41(60-23(7)49)42(61-24(8)50)39(63-30)31-33(51)27-13-14-28(25-9-11-26(12-10-25)55-18(2)44)62-35(27)32(34(31)52)38-40(59-22(6)48)36(57-20(4)46)29(16-54-38)56-19(3)45/h9-12,28-30,36-42,51-52H,13-16H2,1-8H3/t28?,29-,30-,36+,37-,38+,39+,40-,41+,42+/m1/s1. The van der Waals surface area contributed by atoms with Crippen molar-refractivity contribution >= 4 is 47.8 Å². The zero-order valence-electron chi connectivity index (χ0n) is 35.6. The number of benzene rings is 2. The van der Waals surface area contributed by atoms with Crippen LogP contribution in [0.5, 0.6) is 23.0 Å². The summed E-state index contributed by atoms with van der Waals surface area (Å²) in [5.74, 6) is -8.28. The van der Waals surface area contributed by atoms with Gasteiger partial charge in [0.2, 0.25) is 0 Å². The molecule has 1 unspecified atom stereocenters. The van der Waals surface area contributed by atoms with Gasteiger partial charge in [-0.15, -0.1) is 0 Å². The molecule has 10 atom stereocenters. The molecule has 0 spiro atoms. The van der Waals surface area contributed by atoms with Gasteiger partial charge in [0.25, 0.3) is 0 Å². The van der Waals surface area contributed by atoms with Gasteiger partial charge in [0.1, 0.15) is 54.0 Å². The van der Waals surface area contributed by atoms with E-state index in [2.05, 4.69) is 0 Å². The lowest BCUT2D eigenvalue weighted by molar-refractivity contribution is -0.255. The number of ether oxygens (including phenoxy) is 11. The Balaban J connectivity index is 1.79. The van der Waals surface area contributed by atoms with E-state index in [9.17, 15) is 48.6 Å². The molecule has 3 aliphatic heterocycles. The minimum Gasteiger partial charge on any atom is -0.507 e. The van der Waals surface area contributed by atoms with Crippen LogP contribution in [0.1, 0.15) is 102 Å². The fourth-order valence-corrected chi connectivity index (χ4v) is 7.77. The van der Waals surface area contributed by atoms with Crippen LogP contribution in [0, 0.1) is 0 Å². The first-order chi connectivity index (χ1) is 29.7. The zero-order chi connectivity index (χ0) is 46.4. The molecular weight excluding hydrogens is 840 g/mol. The van der Waals surface area contributed by atoms with Gasteiger partial charge in [0.15, 0.2) is 36.6 Å². The largest absolute Gasteiger partial charge is 0.507 e. The molecule has 2 fully saturated rings. The number of carbonyl (C=O) groups is 8. The Morgan fingerprint density at radius 1 is 0.587 bits per heavy atom. The SMILES string of the molecule is CC(=O)OC[C@H]1O[C@@H](c2c(O)c3c(c([C@@H]4OC[C@@H](OC(C)=O)[C@H](OC(C)=O)[C@H]4OC(C)=O)c2O)OC(c2ccc(OC(C)=O)cc2)CC3)[C@H](OC(C)=O)[C@@H](OC(C)=O)[C@@H]1OC(C)=O. The number of hydrogen-bond donors (Lipinski definition) is 2. The summed E-state index contributed by atoms with van der Waals surface area (Å²) in [4.78, 5) is 98.9. The highest BCUT2D eigenvalue weighted by molar-refractivity contribution is 5.72. The van der Waals surface area contributed by atoms with E-state index in [1.165, 1.54) is 19.1 Å². The highest BCUT2D eigenvalue weighted by Gasteiger charge is 2.56. The second-order valence-electron chi connectivity index (χ2n) is 14.8. The fourth-order valence-electron chi connectivity index (χ4n) is 7.77. The maximum absolute atomic E-state index is 12.8. The molecule has 21 heteroatoms. The number of hydrogen-bond acceptors (Lipinski definition) is 21. The van der Waals surface area contributed by atoms with Crippen LogP contribution in [0.2, 0.25) is 0 Å². The summed E-state index contributed by atoms with van der Waals surface area (Å²) in [6.07, 6.45) is -15.4. The van der Waals surface area contributed by atoms with Crippen LogP contribution in [0.4, 0.5) is 0 Å². The highest BCUT2D eigenvalue weighted by atomic mass is 16.7. The first-order valence-corrected chi connectivity index (χ1v) is 19.7. The number of rotatable bonds is 12. The van der Waals surface area contributed by atoms with E-state index in [0.717, 1.165) is 48.5 Å². The fraction of sp³-hybridized carbons (Fsp3) is 0.524. The summed E-state index contributed by atoms with van der Waals surface area (Å²) in [7, 11) is 0. The smallest absolute Gasteiger partial charge is 0.308 e. The molecule has 0 saturated carbocycles. The lowest BCUT2D eigenvalue weighted by Gasteiger charge is -2.45. The van der Waals surface area contributed by atoms with Crippen molar-refractivity contribution in [2.45, 2.75) is 129 Å². The minimum atomic E-state index is -1.84. The molecule has 342 valence electrons. The van der Waals surface area contributed by atoms with Crippen LogP contribution in [0.25, 0.3) is 0 Å². The molecule has 0 radical (unpaired) electrons. The van der Waals surface area contributed by atoms with E-state index in [1.54, 1.807) is 12.1 Å². The number of esters is 8. The monoisotopic (exact) mass is 888 g/mol. The highest BCUT2D eigenvalue weighted by Crippen LogP contribution is 2.56. The van der Waals surface area contributed by atoms with Gasteiger partial charge >= 0.3 is 47.8 Å². The van der Waals surface area contributed by atoms with Crippen LogP contribution >= 0.6 is 0 Å². The van der Waals surface area contributed by atoms with E-state index >= 15 is 0 Å². The number of carbonyl (C=O) groups excluding carboxylic acids is 8. The van der Waals surface area contributed by atoms with Gasteiger partial charge in [-0.25, -0.2) is 0 Å². The summed E-state index contributed by atoms with van der Waals surface area (Å²) in [6.45, 7) is 7.42. The van der Waals surface area contributed by atoms with Crippen molar-refractivity contribution < 1.29 is 101 Å². The lowest BCUT2D eigenvalue weighted by atomic mass is 9.83. The van der Waals surface area contributed by atoms with Crippen molar-refractivity contribution in [3.8, 4) is 23.0 Å². The molecule has 2 saturated heterocycles. The van der Waals surface area contributed by atoms with Gasteiger partial charge in [-0.1, -0.05) is 12.1 Å². The summed E-state index contributed by atoms with van der Waals surface area (Å²) in [6, 6.07) is 6.30. The average molecular weight is 889 g/mol. The summed E-state index contributed by atoms with van der Waals surface area (Å²) < 4.78 is 62.9. The third kappa shape index (κ3) is 11.3. The van der Waals surface area contributed by atoms with Crippen LogP contribution in [-0.4, -0.2) is 114 Å².